The number of nitrogens with zero attached hydrogens (tertiary/aromatic N) is 3. The van der Waals surface area contributed by atoms with Crippen LogP contribution in [0.15, 0.2) is 40.8 Å². The maximum Gasteiger partial charge on any atom is 0.490 e. The molecule has 2 saturated heterocycles. The average molecular weight is 406 g/mol. The Bertz CT molecular complexity index is 1100. The first-order chi connectivity index (χ1) is 13.8. The lowest BCUT2D eigenvalue weighted by atomic mass is 10.1. The molecule has 3 aliphatic heterocycles. The summed E-state index contributed by atoms with van der Waals surface area (Å²) in [6.07, 6.45) is -2.52. The van der Waals surface area contributed by atoms with Crippen molar-refractivity contribution in [2.45, 2.75) is 19.0 Å². The van der Waals surface area contributed by atoms with Gasteiger partial charge in [0.1, 0.15) is 24.3 Å². The molecule has 1 aromatic rings. The summed E-state index contributed by atoms with van der Waals surface area (Å²) < 4.78 is 40.3. The van der Waals surface area contributed by atoms with E-state index < -0.39 is 12.1 Å². The molecule has 3 heterocycles. The van der Waals surface area contributed by atoms with E-state index in [0.29, 0.717) is 0 Å². The fourth-order valence-corrected chi connectivity index (χ4v) is 3.14. The molecule has 0 saturated carbocycles. The van der Waals surface area contributed by atoms with E-state index in [9.17, 15) is 13.2 Å². The third-order valence-corrected chi connectivity index (χ3v) is 5.03. The highest BCUT2D eigenvalue weighted by atomic mass is 19.4. The van der Waals surface area contributed by atoms with E-state index in [0.717, 1.165) is 48.7 Å². The van der Waals surface area contributed by atoms with Gasteiger partial charge in [-0.15, -0.1) is 0 Å². The molecule has 0 unspecified atom stereocenters. The lowest BCUT2D eigenvalue weighted by Crippen LogP contribution is -2.40. The molecular weight excluding hydrogens is 387 g/mol. The van der Waals surface area contributed by atoms with Gasteiger partial charge in [-0.05, 0) is 24.6 Å². The van der Waals surface area contributed by atoms with E-state index in [1.165, 1.54) is 23.9 Å². The highest BCUT2D eigenvalue weighted by molar-refractivity contribution is 5.80. The minimum atomic E-state index is -5.08. The van der Waals surface area contributed by atoms with Crippen LogP contribution in [-0.4, -0.2) is 48.4 Å². The summed E-state index contributed by atoms with van der Waals surface area (Å²) in [4.78, 5) is 16.0. The molecule has 5 rings (SSSR count). The molecule has 0 amide bonds. The predicted molar refractivity (Wildman–Crippen MR) is 101 cm³/mol. The summed E-state index contributed by atoms with van der Waals surface area (Å²) in [7, 11) is 0. The van der Waals surface area contributed by atoms with Crippen LogP contribution in [0.3, 0.4) is 0 Å². The number of fused-ring (bicyclic) bond motifs is 2. The number of aromatic nitrogens is 1. The highest BCUT2D eigenvalue weighted by Crippen LogP contribution is 2.28. The Hall–Kier alpha value is -3.10. The van der Waals surface area contributed by atoms with Gasteiger partial charge in [0.15, 0.2) is 11.3 Å². The van der Waals surface area contributed by atoms with Crippen molar-refractivity contribution in [3.8, 4) is 11.5 Å². The lowest BCUT2D eigenvalue weighted by molar-refractivity contribution is -0.192. The van der Waals surface area contributed by atoms with E-state index in [1.54, 1.807) is 0 Å². The molecule has 1 N–H and O–H groups in total. The van der Waals surface area contributed by atoms with Gasteiger partial charge in [-0.1, -0.05) is 0 Å². The normalized spacial score (nSPS) is 16.1. The number of anilines is 1. The van der Waals surface area contributed by atoms with E-state index in [1.807, 2.05) is 0 Å². The number of carboxylic acid groups (broad SMARTS) is 1. The smallest absolute Gasteiger partial charge is 0.475 e. The molecule has 1 aliphatic carbocycles. The molecule has 0 aromatic heterocycles. The number of carbonyl (C=O) groups is 1. The van der Waals surface area contributed by atoms with Crippen molar-refractivity contribution in [1.82, 2.24) is 9.56 Å². The van der Waals surface area contributed by atoms with Crippen molar-refractivity contribution in [3.05, 3.63) is 41.8 Å². The largest absolute Gasteiger partial charge is 0.490 e. The van der Waals surface area contributed by atoms with Crippen LogP contribution < -0.4 is 14.8 Å². The van der Waals surface area contributed by atoms with Crippen molar-refractivity contribution in [2.24, 2.45) is 0 Å². The number of aliphatic carboxylic acids is 1. The quantitative estimate of drug-likeness (QED) is 0.497. The van der Waals surface area contributed by atoms with Gasteiger partial charge in [0.2, 0.25) is 5.36 Å². The maximum atomic E-state index is 10.6. The summed E-state index contributed by atoms with van der Waals surface area (Å²) in [5, 5.41) is 8.36. The van der Waals surface area contributed by atoms with Gasteiger partial charge < -0.3 is 14.4 Å². The molecule has 0 radical (unpaired) electrons. The summed E-state index contributed by atoms with van der Waals surface area (Å²) in [5.41, 5.74) is 3.96. The summed E-state index contributed by atoms with van der Waals surface area (Å²) in [6, 6.07) is 12.7. The second-order valence-corrected chi connectivity index (χ2v) is 7.00. The Labute approximate surface area is 163 Å². The van der Waals surface area contributed by atoms with Gasteiger partial charge in [0, 0.05) is 30.9 Å². The molecule has 0 atom stereocenters. The average Bonchev–Trinajstić information content (AvgIpc) is 2.56. The zero-order valence-electron chi connectivity index (χ0n) is 15.4. The zero-order chi connectivity index (χ0) is 20.6. The van der Waals surface area contributed by atoms with Gasteiger partial charge in [-0.25, -0.2) is 14.4 Å². The van der Waals surface area contributed by atoms with Crippen LogP contribution in [0.1, 0.15) is 12.8 Å². The Morgan fingerprint density at radius 3 is 2.38 bits per heavy atom. The monoisotopic (exact) mass is 406 g/mol. The number of carboxylic acids is 1. The zero-order valence-corrected chi connectivity index (χ0v) is 15.4. The summed E-state index contributed by atoms with van der Waals surface area (Å²) in [6.45, 7) is 4.58. The van der Waals surface area contributed by atoms with E-state index in [4.69, 9.17) is 19.3 Å². The maximum absolute atomic E-state index is 10.6. The molecule has 4 aliphatic rings. The second-order valence-electron chi connectivity index (χ2n) is 7.00. The van der Waals surface area contributed by atoms with Gasteiger partial charge in [0.25, 0.3) is 0 Å². The van der Waals surface area contributed by atoms with Gasteiger partial charge in [-0.3, -0.25) is 0 Å². The van der Waals surface area contributed by atoms with E-state index in [-0.39, 0.29) is 0 Å². The van der Waals surface area contributed by atoms with Crippen LogP contribution in [-0.2, 0) is 4.79 Å². The number of hydrogen-bond donors (Lipinski definition) is 1. The predicted octanol–water partition coefficient (Wildman–Crippen LogP) is 2.95. The molecule has 1 aromatic carbocycles. The van der Waals surface area contributed by atoms with Crippen molar-refractivity contribution in [2.75, 3.05) is 31.1 Å². The Balaban J connectivity index is 0.000000255. The number of halogens is 3. The fraction of sp³-hybridized carbons (Fsp3) is 0.350. The number of hydrogen-bond acceptors (Lipinski definition) is 4. The number of benzene rings is 2. The topological polar surface area (TPSA) is 69.6 Å². The Kier molecular flexibility index (Phi) is 4.89. The molecule has 9 heteroatoms. The van der Waals surface area contributed by atoms with Crippen LogP contribution >= 0.6 is 0 Å². The minimum Gasteiger partial charge on any atom is -0.475 e. The Morgan fingerprint density at radius 1 is 1.10 bits per heavy atom. The molecule has 0 spiro atoms. The highest BCUT2D eigenvalue weighted by Gasteiger charge is 2.38. The summed E-state index contributed by atoms with van der Waals surface area (Å²) in [5.74, 6) is -1.88. The van der Waals surface area contributed by atoms with Gasteiger partial charge >= 0.3 is 12.1 Å². The first-order valence-electron chi connectivity index (χ1n) is 9.29. The number of rotatable bonds is 1. The third kappa shape index (κ3) is 4.03. The second kappa shape index (κ2) is 7.38. The summed E-state index contributed by atoms with van der Waals surface area (Å²) >= 11 is 0. The van der Waals surface area contributed by atoms with Crippen LogP contribution in [0.4, 0.5) is 18.9 Å². The van der Waals surface area contributed by atoms with Crippen LogP contribution in [0.2, 0.25) is 0 Å². The van der Waals surface area contributed by atoms with E-state index in [2.05, 4.69) is 45.9 Å². The third-order valence-electron chi connectivity index (χ3n) is 5.03. The van der Waals surface area contributed by atoms with Gasteiger partial charge in [0.05, 0.1) is 12.5 Å². The van der Waals surface area contributed by atoms with Crippen LogP contribution in [0.5, 0.6) is 0 Å². The van der Waals surface area contributed by atoms with Crippen LogP contribution in [0, 0.1) is 0 Å². The van der Waals surface area contributed by atoms with Crippen molar-refractivity contribution >= 4 is 22.8 Å². The van der Waals surface area contributed by atoms with Crippen molar-refractivity contribution in [1.29, 1.82) is 0 Å². The molecule has 0 bridgehead atoms. The molecule has 152 valence electrons. The first-order valence-corrected chi connectivity index (χ1v) is 9.29. The van der Waals surface area contributed by atoms with E-state index >= 15 is 0 Å². The lowest BCUT2D eigenvalue weighted by Gasteiger charge is -2.33. The number of alkyl halides is 3. The van der Waals surface area contributed by atoms with Crippen molar-refractivity contribution < 1.29 is 27.5 Å². The first kappa shape index (κ1) is 19.2. The molecule has 2 fully saturated rings. The fourth-order valence-electron chi connectivity index (χ4n) is 3.14. The SMILES string of the molecule is O=C(O)C(F)(F)F.c1cc2nc3ccc(=[N+]4CCC4)cc-3oc2cc1N1CCC1. The molecule has 6 nitrogen and oxygen atoms in total. The van der Waals surface area contributed by atoms with Crippen molar-refractivity contribution in [3.63, 3.8) is 0 Å². The van der Waals surface area contributed by atoms with Crippen LogP contribution in [0.25, 0.3) is 22.6 Å². The molecule has 29 heavy (non-hydrogen) atoms. The molecular formula is C20H19F3N3O3+. The standard InChI is InChI=1S/C18H18N3O.C2HF3O2/c1-7-20(8-1)13-3-5-15-17(11-13)22-18-12-14(21-9-2-10-21)4-6-16(18)19-15;3-2(4,5)1(6)7/h3-6,11-12H,1-2,7-10H2;(H,6,7)/q+1;. The Morgan fingerprint density at radius 2 is 1.83 bits per heavy atom. The minimum absolute atomic E-state index is 0.873. The van der Waals surface area contributed by atoms with Gasteiger partial charge in [-0.2, -0.15) is 13.2 Å².